The summed E-state index contributed by atoms with van der Waals surface area (Å²) in [5, 5.41) is 7.50. The summed E-state index contributed by atoms with van der Waals surface area (Å²) in [4.78, 5) is 26.2. The highest BCUT2D eigenvalue weighted by Gasteiger charge is 2.43. The number of carbonyl (C=O) groups excluding carboxylic acids is 2. The maximum Gasteiger partial charge on any atom is 0.252 e. The third-order valence-electron chi connectivity index (χ3n) is 7.53. The van der Waals surface area contributed by atoms with Crippen LogP contribution < -0.4 is 5.32 Å². The van der Waals surface area contributed by atoms with Crippen molar-refractivity contribution in [3.63, 3.8) is 0 Å². The summed E-state index contributed by atoms with van der Waals surface area (Å²) in [5.41, 5.74) is 6.36. The van der Waals surface area contributed by atoms with Crippen LogP contribution in [0.1, 0.15) is 40.8 Å². The van der Waals surface area contributed by atoms with Gasteiger partial charge in [0.15, 0.2) is 5.78 Å². The van der Waals surface area contributed by atoms with E-state index in [1.807, 2.05) is 18.2 Å². The first-order chi connectivity index (χ1) is 14.7. The monoisotopic (exact) mass is 391 g/mol. The van der Waals surface area contributed by atoms with Gasteiger partial charge < -0.3 is 14.5 Å². The minimum Gasteiger partial charge on any atom is -0.348 e. The summed E-state index contributed by atoms with van der Waals surface area (Å²) >= 11 is 0. The molecule has 0 saturated heterocycles. The maximum absolute atomic E-state index is 13.2. The summed E-state index contributed by atoms with van der Waals surface area (Å²) in [6, 6.07) is 16.7. The molecule has 0 unspecified atom stereocenters. The fraction of sp³-hybridized carbons (Fsp3) is 0.200. The molecule has 2 aromatic heterocycles. The second-order valence-corrected chi connectivity index (χ2v) is 8.83. The van der Waals surface area contributed by atoms with E-state index in [-0.39, 0.29) is 18.0 Å². The van der Waals surface area contributed by atoms with Crippen LogP contribution in [0.25, 0.3) is 43.6 Å². The van der Waals surface area contributed by atoms with E-state index >= 15 is 0 Å². The van der Waals surface area contributed by atoms with Crippen LogP contribution >= 0.6 is 0 Å². The normalized spacial score (nSPS) is 22.0. The number of amides is 1. The molecule has 5 nitrogen and oxygen atoms in total. The number of nitrogens with zero attached hydrogens (tertiary/aromatic N) is 2. The molecule has 3 aromatic carbocycles. The molecule has 30 heavy (non-hydrogen) atoms. The quantitative estimate of drug-likeness (QED) is 0.419. The molecule has 1 aliphatic carbocycles. The van der Waals surface area contributed by atoms with Crippen LogP contribution in [0, 0.1) is 0 Å². The van der Waals surface area contributed by atoms with Crippen molar-refractivity contribution >= 4 is 55.3 Å². The molecule has 2 aliphatic heterocycles. The van der Waals surface area contributed by atoms with E-state index < -0.39 is 0 Å². The maximum atomic E-state index is 13.2. The smallest absolute Gasteiger partial charge is 0.252 e. The van der Waals surface area contributed by atoms with Crippen molar-refractivity contribution in [2.24, 2.45) is 0 Å². The average Bonchev–Trinajstić information content (AvgIpc) is 3.46. The molecule has 1 N–H and O–H groups in total. The average molecular weight is 391 g/mol. The third-order valence-corrected chi connectivity index (χ3v) is 7.53. The summed E-state index contributed by atoms with van der Waals surface area (Å²) in [7, 11) is 0. The topological polar surface area (TPSA) is 56.0 Å². The van der Waals surface area contributed by atoms with Gasteiger partial charge in [0.1, 0.15) is 0 Å². The first-order valence-electron chi connectivity index (χ1n) is 10.5. The Morgan fingerprint density at radius 2 is 1.50 bits per heavy atom. The second-order valence-electron chi connectivity index (χ2n) is 8.83. The van der Waals surface area contributed by atoms with E-state index in [2.05, 4.69) is 44.8 Å². The standard InChI is InChI=1S/C25H17N3O2/c29-19-10-12-9-18(19)28-17-8-4-1-5-13(17)20-15-11-26-25(30)22(15)21-14-6-2-3-7-16(14)27(12)24(21)23(20)28/h1-8,12,18H,9-11H2,(H,26,30)/t12-,18+/m1/s1. The number of Topliss-reactive ketones (excluding diaryl/α,β-unsaturated/α-hetero) is 1. The van der Waals surface area contributed by atoms with Crippen LogP contribution in [0.4, 0.5) is 0 Å². The number of ketones is 1. The highest BCUT2D eigenvalue weighted by molar-refractivity contribution is 6.31. The highest BCUT2D eigenvalue weighted by Crippen LogP contribution is 2.52. The van der Waals surface area contributed by atoms with Crippen LogP contribution in [0.3, 0.4) is 0 Å². The molecule has 5 aromatic rings. The predicted molar refractivity (Wildman–Crippen MR) is 116 cm³/mol. The number of carbonyl (C=O) groups is 2. The molecule has 8 rings (SSSR count). The van der Waals surface area contributed by atoms with Crippen LogP contribution in [0.15, 0.2) is 48.5 Å². The van der Waals surface area contributed by atoms with Crippen molar-refractivity contribution in [2.45, 2.75) is 31.5 Å². The first-order valence-corrected chi connectivity index (χ1v) is 10.5. The molecule has 3 aliphatic rings. The Morgan fingerprint density at radius 3 is 2.30 bits per heavy atom. The number of fused-ring (bicyclic) bond motifs is 13. The van der Waals surface area contributed by atoms with E-state index in [1.54, 1.807) is 0 Å². The Bertz CT molecular complexity index is 1650. The Balaban J connectivity index is 1.81. The minimum atomic E-state index is -0.137. The molecule has 4 heterocycles. The zero-order chi connectivity index (χ0) is 19.7. The van der Waals surface area contributed by atoms with Crippen LogP contribution in [0.2, 0.25) is 0 Å². The van der Waals surface area contributed by atoms with Gasteiger partial charge in [-0.25, -0.2) is 0 Å². The Kier molecular flexibility index (Phi) is 2.42. The molecule has 144 valence electrons. The van der Waals surface area contributed by atoms with Gasteiger partial charge in [-0.05, 0) is 24.1 Å². The summed E-state index contributed by atoms with van der Waals surface area (Å²) in [6.07, 6.45) is 1.36. The highest BCUT2D eigenvalue weighted by atomic mass is 16.2. The number of nitrogens with one attached hydrogen (secondary N) is 1. The van der Waals surface area contributed by atoms with Gasteiger partial charge >= 0.3 is 0 Å². The fourth-order valence-electron chi connectivity index (χ4n) is 6.50. The fourth-order valence-corrected chi connectivity index (χ4v) is 6.50. The van der Waals surface area contributed by atoms with Crippen LogP contribution in [-0.2, 0) is 11.3 Å². The minimum absolute atomic E-state index is 0.0112. The van der Waals surface area contributed by atoms with E-state index in [0.717, 1.165) is 61.2 Å². The van der Waals surface area contributed by atoms with E-state index in [0.29, 0.717) is 18.7 Å². The van der Waals surface area contributed by atoms with Crippen molar-refractivity contribution in [3.8, 4) is 0 Å². The predicted octanol–water partition coefficient (Wildman–Crippen LogP) is 4.60. The second kappa shape index (κ2) is 4.75. The zero-order valence-corrected chi connectivity index (χ0v) is 16.1. The summed E-state index contributed by atoms with van der Waals surface area (Å²) in [5.74, 6) is 0.325. The lowest BCUT2D eigenvalue weighted by Gasteiger charge is -2.15. The molecular weight excluding hydrogens is 374 g/mol. The number of rotatable bonds is 0. The summed E-state index contributed by atoms with van der Waals surface area (Å²) < 4.78 is 4.67. The van der Waals surface area contributed by atoms with Gasteiger partial charge in [-0.3, -0.25) is 9.59 Å². The Hall–Kier alpha value is -3.60. The van der Waals surface area contributed by atoms with Gasteiger partial charge in [-0.2, -0.15) is 0 Å². The lowest BCUT2D eigenvalue weighted by Crippen LogP contribution is -2.14. The van der Waals surface area contributed by atoms with Gasteiger partial charge in [0.25, 0.3) is 5.91 Å². The van der Waals surface area contributed by atoms with Crippen molar-refractivity contribution in [1.29, 1.82) is 0 Å². The van der Waals surface area contributed by atoms with E-state index in [1.165, 1.54) is 0 Å². The molecule has 0 spiro atoms. The molecule has 1 amide bonds. The lowest BCUT2D eigenvalue weighted by molar-refractivity contribution is -0.120. The summed E-state index contributed by atoms with van der Waals surface area (Å²) in [6.45, 7) is 0.538. The van der Waals surface area contributed by atoms with Crippen molar-refractivity contribution < 1.29 is 9.59 Å². The lowest BCUT2D eigenvalue weighted by atomic mass is 9.97. The van der Waals surface area contributed by atoms with Gasteiger partial charge in [-0.15, -0.1) is 0 Å². The SMILES string of the molecule is O=C1NCc2c1c1c3ccccc3n3c1c1c2c2ccccc2n1[C@H]1C[C@@H]3CC1=O. The molecule has 1 saturated carbocycles. The van der Waals surface area contributed by atoms with Crippen molar-refractivity contribution in [1.82, 2.24) is 14.5 Å². The third kappa shape index (κ3) is 1.47. The van der Waals surface area contributed by atoms with Gasteiger partial charge in [0.05, 0.1) is 22.6 Å². The Labute approximate surface area is 170 Å². The Morgan fingerprint density at radius 1 is 0.833 bits per heavy atom. The number of aromatic nitrogens is 2. The molecule has 2 bridgehead atoms. The molecule has 1 fully saturated rings. The van der Waals surface area contributed by atoms with Crippen molar-refractivity contribution in [2.75, 3.05) is 0 Å². The van der Waals surface area contributed by atoms with E-state index in [4.69, 9.17) is 0 Å². The molecular formula is C25H17N3O2. The number of hydrogen-bond donors (Lipinski definition) is 1. The van der Waals surface area contributed by atoms with Gasteiger partial charge in [0, 0.05) is 51.6 Å². The molecule has 5 heteroatoms. The van der Waals surface area contributed by atoms with Crippen LogP contribution in [0.5, 0.6) is 0 Å². The van der Waals surface area contributed by atoms with Gasteiger partial charge in [-0.1, -0.05) is 36.4 Å². The van der Waals surface area contributed by atoms with E-state index in [9.17, 15) is 9.59 Å². The number of para-hydroxylation sites is 2. The number of benzene rings is 3. The molecule has 0 radical (unpaired) electrons. The van der Waals surface area contributed by atoms with Crippen LogP contribution in [-0.4, -0.2) is 20.8 Å². The number of hydrogen-bond acceptors (Lipinski definition) is 2. The largest absolute Gasteiger partial charge is 0.348 e. The van der Waals surface area contributed by atoms with Gasteiger partial charge in [0.2, 0.25) is 0 Å². The zero-order valence-electron chi connectivity index (χ0n) is 16.1. The molecule has 2 atom stereocenters. The first kappa shape index (κ1) is 15.3. The van der Waals surface area contributed by atoms with Crippen molar-refractivity contribution in [3.05, 3.63) is 59.7 Å².